The molecular weight excluding hydrogens is 324 g/mol. The molecule has 4 heteroatoms. The molecule has 2 aromatic rings. The van der Waals surface area contributed by atoms with Crippen molar-refractivity contribution in [3.63, 3.8) is 0 Å². The lowest BCUT2D eigenvalue weighted by Crippen LogP contribution is -2.47. The lowest BCUT2D eigenvalue weighted by atomic mass is 9.89. The first-order valence-corrected chi connectivity index (χ1v) is 9.39. The van der Waals surface area contributed by atoms with Crippen molar-refractivity contribution in [2.45, 2.75) is 26.2 Å². The van der Waals surface area contributed by atoms with E-state index >= 15 is 0 Å². The second-order valence-electron chi connectivity index (χ2n) is 7.30. The average molecular weight is 348 g/mol. The number of hydrogen-bond acceptors (Lipinski definition) is 2. The van der Waals surface area contributed by atoms with Crippen molar-refractivity contribution in [2.75, 3.05) is 24.5 Å². The zero-order chi connectivity index (χ0) is 18.1. The zero-order valence-electron chi connectivity index (χ0n) is 15.1. The number of amides is 2. The molecule has 2 aliphatic rings. The number of carbonyl (C=O) groups excluding carboxylic acids is 2. The van der Waals surface area contributed by atoms with Gasteiger partial charge in [-0.05, 0) is 37.8 Å². The van der Waals surface area contributed by atoms with Gasteiger partial charge in [-0.3, -0.25) is 9.69 Å². The predicted octanol–water partition coefficient (Wildman–Crippen LogP) is 4.07. The second-order valence-corrected chi connectivity index (χ2v) is 7.30. The van der Waals surface area contributed by atoms with Crippen LogP contribution < -0.4 is 4.90 Å². The molecule has 0 unspecified atom stereocenters. The highest BCUT2D eigenvalue weighted by Crippen LogP contribution is 2.30. The van der Waals surface area contributed by atoms with Gasteiger partial charge in [0.2, 0.25) is 0 Å². The number of aryl methyl sites for hydroxylation is 1. The summed E-state index contributed by atoms with van der Waals surface area (Å²) in [5, 5.41) is 0. The van der Waals surface area contributed by atoms with E-state index in [9.17, 15) is 9.59 Å². The molecule has 0 spiro atoms. The maximum Gasteiger partial charge on any atom is 0.324 e. The highest BCUT2D eigenvalue weighted by molar-refractivity contribution is 5.98. The maximum atomic E-state index is 12.9. The van der Waals surface area contributed by atoms with Gasteiger partial charge < -0.3 is 4.90 Å². The monoisotopic (exact) mass is 348 g/mol. The summed E-state index contributed by atoms with van der Waals surface area (Å²) in [6, 6.07) is 16.0. The third kappa shape index (κ3) is 3.12. The number of rotatable bonds is 2. The first-order chi connectivity index (χ1) is 12.6. The quantitative estimate of drug-likeness (QED) is 0.768. The van der Waals surface area contributed by atoms with E-state index in [4.69, 9.17) is 0 Å². The molecule has 0 saturated carbocycles. The minimum absolute atomic E-state index is 0.0209. The van der Waals surface area contributed by atoms with E-state index in [1.54, 1.807) is 0 Å². The summed E-state index contributed by atoms with van der Waals surface area (Å²) >= 11 is 0. The highest BCUT2D eigenvalue weighted by Gasteiger charge is 2.32. The molecule has 1 fully saturated rings. The molecule has 2 aromatic carbocycles. The van der Waals surface area contributed by atoms with Crippen LogP contribution in [0.3, 0.4) is 0 Å². The number of likely N-dealkylation sites (tertiary alicyclic amines) is 1. The van der Waals surface area contributed by atoms with Gasteiger partial charge in [0.05, 0.1) is 0 Å². The standard InChI is InChI=1S/C22H24N2O2/c1-16-6-8-18(9-7-16)21(25)19-10-13-23(14-11-19)22(26)24-15-12-17-4-2-3-5-20(17)24/h2-9,19H,10-15H2,1H3. The van der Waals surface area contributed by atoms with Gasteiger partial charge in [0.1, 0.15) is 0 Å². The molecule has 0 aromatic heterocycles. The lowest BCUT2D eigenvalue weighted by Gasteiger charge is -2.34. The summed E-state index contributed by atoms with van der Waals surface area (Å²) in [6.45, 7) is 4.08. The first-order valence-electron chi connectivity index (χ1n) is 9.39. The second kappa shape index (κ2) is 6.94. The molecule has 0 bridgehead atoms. The summed E-state index contributed by atoms with van der Waals surface area (Å²) in [5.41, 5.74) is 4.22. The van der Waals surface area contributed by atoms with Crippen LogP contribution in [0.4, 0.5) is 10.5 Å². The van der Waals surface area contributed by atoms with Crippen LogP contribution in [0.25, 0.3) is 0 Å². The van der Waals surface area contributed by atoms with Crippen LogP contribution in [0.2, 0.25) is 0 Å². The molecule has 2 amide bonds. The topological polar surface area (TPSA) is 40.6 Å². The van der Waals surface area contributed by atoms with Crippen molar-refractivity contribution in [1.29, 1.82) is 0 Å². The fourth-order valence-electron chi connectivity index (χ4n) is 3.99. The van der Waals surface area contributed by atoms with Gasteiger partial charge in [0.15, 0.2) is 5.78 Å². The fraction of sp³-hybridized carbons (Fsp3) is 0.364. The van der Waals surface area contributed by atoms with Crippen molar-refractivity contribution in [3.05, 3.63) is 65.2 Å². The first kappa shape index (κ1) is 16.8. The summed E-state index contributed by atoms with van der Waals surface area (Å²) in [5.74, 6) is 0.233. The van der Waals surface area contributed by atoms with Gasteiger partial charge in [-0.1, -0.05) is 48.0 Å². The van der Waals surface area contributed by atoms with Gasteiger partial charge in [-0.25, -0.2) is 4.79 Å². The van der Waals surface area contributed by atoms with Crippen LogP contribution in [0.5, 0.6) is 0 Å². The number of carbonyl (C=O) groups is 2. The van der Waals surface area contributed by atoms with Crippen LogP contribution in [-0.4, -0.2) is 36.3 Å². The molecule has 0 atom stereocenters. The third-order valence-corrected chi connectivity index (χ3v) is 5.59. The number of piperidine rings is 1. The van der Waals surface area contributed by atoms with E-state index in [1.807, 2.05) is 59.2 Å². The summed E-state index contributed by atoms with van der Waals surface area (Å²) in [4.78, 5) is 29.4. The van der Waals surface area contributed by atoms with Gasteiger partial charge in [-0.15, -0.1) is 0 Å². The molecule has 0 radical (unpaired) electrons. The number of fused-ring (bicyclic) bond motifs is 1. The van der Waals surface area contributed by atoms with Gasteiger partial charge >= 0.3 is 6.03 Å². The van der Waals surface area contributed by atoms with Crippen LogP contribution in [-0.2, 0) is 6.42 Å². The van der Waals surface area contributed by atoms with Gasteiger partial charge in [0, 0.05) is 36.8 Å². The van der Waals surface area contributed by atoms with Crippen LogP contribution in [0.1, 0.15) is 34.3 Å². The predicted molar refractivity (Wildman–Crippen MR) is 103 cm³/mol. The minimum Gasteiger partial charge on any atom is -0.324 e. The smallest absolute Gasteiger partial charge is 0.324 e. The molecule has 2 aliphatic heterocycles. The number of benzene rings is 2. The lowest BCUT2D eigenvalue weighted by molar-refractivity contribution is 0.0857. The molecule has 26 heavy (non-hydrogen) atoms. The van der Waals surface area contributed by atoms with Gasteiger partial charge in [-0.2, -0.15) is 0 Å². The van der Waals surface area contributed by atoms with E-state index < -0.39 is 0 Å². The number of Topliss-reactive ketones (excluding diaryl/α,β-unsaturated/α-hetero) is 1. The normalized spacial score (nSPS) is 17.3. The van der Waals surface area contributed by atoms with E-state index in [2.05, 4.69) is 6.07 Å². The minimum atomic E-state index is 0.0209. The Kier molecular flexibility index (Phi) is 4.49. The van der Waals surface area contributed by atoms with E-state index in [0.29, 0.717) is 13.1 Å². The third-order valence-electron chi connectivity index (χ3n) is 5.59. The summed E-state index contributed by atoms with van der Waals surface area (Å²) < 4.78 is 0. The Morgan fingerprint density at radius 1 is 0.923 bits per heavy atom. The van der Waals surface area contributed by atoms with Crippen LogP contribution in [0, 0.1) is 12.8 Å². The van der Waals surface area contributed by atoms with Crippen molar-refractivity contribution < 1.29 is 9.59 Å². The number of ketones is 1. The highest BCUT2D eigenvalue weighted by atomic mass is 16.2. The van der Waals surface area contributed by atoms with Crippen molar-refractivity contribution in [1.82, 2.24) is 4.90 Å². The van der Waals surface area contributed by atoms with Crippen molar-refractivity contribution >= 4 is 17.5 Å². The Labute approximate surface area is 154 Å². The van der Waals surface area contributed by atoms with Crippen molar-refractivity contribution in [3.8, 4) is 0 Å². The maximum absolute atomic E-state index is 12.9. The van der Waals surface area contributed by atoms with E-state index in [0.717, 1.165) is 42.6 Å². The average Bonchev–Trinajstić information content (AvgIpc) is 3.12. The Balaban J connectivity index is 1.39. The number of nitrogens with zero attached hydrogens (tertiary/aromatic N) is 2. The Hall–Kier alpha value is -2.62. The fourth-order valence-corrected chi connectivity index (χ4v) is 3.99. The molecule has 1 saturated heterocycles. The molecule has 4 rings (SSSR count). The molecule has 134 valence electrons. The van der Waals surface area contributed by atoms with E-state index in [1.165, 1.54) is 5.56 Å². The summed E-state index contributed by atoms with van der Waals surface area (Å²) in [6.07, 6.45) is 2.41. The molecule has 4 nitrogen and oxygen atoms in total. The van der Waals surface area contributed by atoms with E-state index in [-0.39, 0.29) is 17.7 Å². The molecule has 2 heterocycles. The SMILES string of the molecule is Cc1ccc(C(=O)C2CCN(C(=O)N3CCc4ccccc43)CC2)cc1. The number of hydrogen-bond donors (Lipinski definition) is 0. The molecular formula is C22H24N2O2. The summed E-state index contributed by atoms with van der Waals surface area (Å²) in [7, 11) is 0. The number of para-hydroxylation sites is 1. The zero-order valence-corrected chi connectivity index (χ0v) is 15.1. The van der Waals surface area contributed by atoms with Crippen LogP contribution in [0.15, 0.2) is 48.5 Å². The van der Waals surface area contributed by atoms with Crippen molar-refractivity contribution in [2.24, 2.45) is 5.92 Å². The Bertz CT molecular complexity index is 820. The number of anilines is 1. The largest absolute Gasteiger partial charge is 0.324 e. The Morgan fingerprint density at radius 3 is 2.35 bits per heavy atom. The van der Waals surface area contributed by atoms with Gasteiger partial charge in [0.25, 0.3) is 0 Å². The van der Waals surface area contributed by atoms with Crippen LogP contribution >= 0.6 is 0 Å². The molecule has 0 aliphatic carbocycles. The molecule has 0 N–H and O–H groups in total. The number of urea groups is 1. The Morgan fingerprint density at radius 2 is 1.62 bits per heavy atom.